The smallest absolute Gasteiger partial charge is 0.322 e. The summed E-state index contributed by atoms with van der Waals surface area (Å²) in [7, 11) is 1.56. The molecule has 6 nitrogen and oxygen atoms in total. The molecule has 2 N–H and O–H groups in total. The summed E-state index contributed by atoms with van der Waals surface area (Å²) in [6.07, 6.45) is 0. The number of ether oxygens (including phenoxy) is 1. The van der Waals surface area contributed by atoms with E-state index in [1.807, 2.05) is 0 Å². The van der Waals surface area contributed by atoms with E-state index in [1.54, 1.807) is 36.3 Å². The Hall–Kier alpha value is -2.08. The Morgan fingerprint density at radius 2 is 2.05 bits per heavy atom. The number of carbonyl (C=O) groups excluding carboxylic acids is 1. The lowest BCUT2D eigenvalue weighted by atomic mass is 10.1. The molecular formula is C13H16N2O4. The second-order valence-corrected chi connectivity index (χ2v) is 4.32. The number of hydrogen-bond acceptors (Lipinski definition) is 4. The Bertz CT molecular complexity index is 472. The summed E-state index contributed by atoms with van der Waals surface area (Å²) < 4.78 is 5.03. The third kappa shape index (κ3) is 3.03. The predicted octanol–water partition coefficient (Wildman–Crippen LogP) is 0.194. The number of carboxylic acids is 1. The van der Waals surface area contributed by atoms with Gasteiger partial charge in [-0.25, -0.2) is 0 Å². The van der Waals surface area contributed by atoms with Crippen LogP contribution in [0.15, 0.2) is 24.3 Å². The maximum atomic E-state index is 12.2. The zero-order chi connectivity index (χ0) is 13.8. The van der Waals surface area contributed by atoms with Crippen LogP contribution in [0, 0.1) is 0 Å². The molecule has 1 aromatic carbocycles. The molecule has 1 heterocycles. The molecule has 1 fully saturated rings. The lowest BCUT2D eigenvalue weighted by Crippen LogP contribution is -2.55. The van der Waals surface area contributed by atoms with Gasteiger partial charge in [-0.05, 0) is 24.3 Å². The van der Waals surface area contributed by atoms with Gasteiger partial charge >= 0.3 is 5.97 Å². The summed E-state index contributed by atoms with van der Waals surface area (Å²) in [4.78, 5) is 24.7. The standard InChI is InChI=1S/C13H16N2O4/c1-19-10-4-2-9(3-5-10)12(16)15-7-6-14-11(8-15)13(17)18/h2-5,11,14H,6-8H2,1H3,(H,17,18). The molecule has 0 saturated carbocycles. The van der Waals surface area contributed by atoms with Crippen molar-refractivity contribution >= 4 is 11.9 Å². The first kappa shape index (κ1) is 13.4. The molecule has 2 rings (SSSR count). The summed E-state index contributed by atoms with van der Waals surface area (Å²) in [5.74, 6) is -0.414. The van der Waals surface area contributed by atoms with E-state index in [4.69, 9.17) is 9.84 Å². The molecule has 0 aliphatic carbocycles. The summed E-state index contributed by atoms with van der Waals surface area (Å²) in [5.41, 5.74) is 0.534. The number of methoxy groups -OCH3 is 1. The molecule has 6 heteroatoms. The van der Waals surface area contributed by atoms with Crippen molar-refractivity contribution in [2.75, 3.05) is 26.7 Å². The van der Waals surface area contributed by atoms with E-state index in [9.17, 15) is 9.59 Å². The van der Waals surface area contributed by atoms with Crippen LogP contribution in [0.3, 0.4) is 0 Å². The number of nitrogens with one attached hydrogen (secondary N) is 1. The van der Waals surface area contributed by atoms with Crippen molar-refractivity contribution in [2.45, 2.75) is 6.04 Å². The highest BCUT2D eigenvalue weighted by Gasteiger charge is 2.28. The number of aliphatic carboxylic acids is 1. The van der Waals surface area contributed by atoms with Crippen LogP contribution in [0.4, 0.5) is 0 Å². The Labute approximate surface area is 111 Å². The zero-order valence-corrected chi connectivity index (χ0v) is 10.6. The molecular weight excluding hydrogens is 248 g/mol. The van der Waals surface area contributed by atoms with Gasteiger partial charge in [-0.3, -0.25) is 9.59 Å². The van der Waals surface area contributed by atoms with Gasteiger partial charge in [0.25, 0.3) is 5.91 Å². The average Bonchev–Trinajstić information content (AvgIpc) is 2.46. The molecule has 1 aliphatic rings. The van der Waals surface area contributed by atoms with E-state index < -0.39 is 12.0 Å². The van der Waals surface area contributed by atoms with E-state index in [-0.39, 0.29) is 12.5 Å². The highest BCUT2D eigenvalue weighted by molar-refractivity contribution is 5.94. The SMILES string of the molecule is COc1ccc(C(=O)N2CCNC(C(=O)O)C2)cc1. The van der Waals surface area contributed by atoms with Gasteiger partial charge in [-0.2, -0.15) is 0 Å². The average molecular weight is 264 g/mol. The third-order valence-corrected chi connectivity index (χ3v) is 3.10. The van der Waals surface area contributed by atoms with Crippen LogP contribution in [-0.2, 0) is 4.79 Å². The van der Waals surface area contributed by atoms with Crippen LogP contribution >= 0.6 is 0 Å². The van der Waals surface area contributed by atoms with Gasteiger partial charge < -0.3 is 20.1 Å². The third-order valence-electron chi connectivity index (χ3n) is 3.10. The van der Waals surface area contributed by atoms with Crippen molar-refractivity contribution in [3.8, 4) is 5.75 Å². The van der Waals surface area contributed by atoms with Crippen molar-refractivity contribution in [1.82, 2.24) is 10.2 Å². The molecule has 1 aliphatic heterocycles. The number of piperazine rings is 1. The first-order chi connectivity index (χ1) is 9.11. The molecule has 1 unspecified atom stereocenters. The zero-order valence-electron chi connectivity index (χ0n) is 10.6. The summed E-state index contributed by atoms with van der Waals surface area (Å²) in [6.45, 7) is 1.17. The van der Waals surface area contributed by atoms with Crippen molar-refractivity contribution < 1.29 is 19.4 Å². The van der Waals surface area contributed by atoms with Crippen LogP contribution < -0.4 is 10.1 Å². The quantitative estimate of drug-likeness (QED) is 0.815. The lowest BCUT2D eigenvalue weighted by Gasteiger charge is -2.31. The fourth-order valence-corrected chi connectivity index (χ4v) is 2.02. The van der Waals surface area contributed by atoms with Crippen LogP contribution in [0.5, 0.6) is 5.75 Å². The normalized spacial score (nSPS) is 19.0. The maximum Gasteiger partial charge on any atom is 0.322 e. The molecule has 1 aromatic rings. The van der Waals surface area contributed by atoms with E-state index in [1.165, 1.54) is 0 Å². The van der Waals surface area contributed by atoms with Crippen LogP contribution in [0.1, 0.15) is 10.4 Å². The van der Waals surface area contributed by atoms with Gasteiger partial charge in [0.1, 0.15) is 11.8 Å². The van der Waals surface area contributed by atoms with Gasteiger partial charge in [0, 0.05) is 25.2 Å². The summed E-state index contributed by atoms with van der Waals surface area (Å²) in [5, 5.41) is 11.8. The van der Waals surface area contributed by atoms with E-state index in [0.29, 0.717) is 24.4 Å². The minimum absolute atomic E-state index is 0.157. The van der Waals surface area contributed by atoms with Gasteiger partial charge in [0.2, 0.25) is 0 Å². The molecule has 1 atom stereocenters. The molecule has 19 heavy (non-hydrogen) atoms. The largest absolute Gasteiger partial charge is 0.497 e. The van der Waals surface area contributed by atoms with Gasteiger partial charge in [-0.1, -0.05) is 0 Å². The number of carbonyl (C=O) groups is 2. The highest BCUT2D eigenvalue weighted by Crippen LogP contribution is 2.14. The Balaban J connectivity index is 2.07. The van der Waals surface area contributed by atoms with Crippen LogP contribution in [-0.4, -0.2) is 54.7 Å². The van der Waals surface area contributed by atoms with E-state index in [0.717, 1.165) is 0 Å². The second-order valence-electron chi connectivity index (χ2n) is 4.32. The number of hydrogen-bond donors (Lipinski definition) is 2. The Morgan fingerprint density at radius 3 is 2.63 bits per heavy atom. The first-order valence-electron chi connectivity index (χ1n) is 6.01. The van der Waals surface area contributed by atoms with Crippen LogP contribution in [0.25, 0.3) is 0 Å². The number of carboxylic acid groups (broad SMARTS) is 1. The Kier molecular flexibility index (Phi) is 4.01. The molecule has 0 bridgehead atoms. The van der Waals surface area contributed by atoms with Crippen molar-refractivity contribution in [2.24, 2.45) is 0 Å². The molecule has 0 radical (unpaired) electrons. The van der Waals surface area contributed by atoms with Crippen LogP contribution in [0.2, 0.25) is 0 Å². The van der Waals surface area contributed by atoms with E-state index >= 15 is 0 Å². The Morgan fingerprint density at radius 1 is 1.37 bits per heavy atom. The van der Waals surface area contributed by atoms with Gasteiger partial charge in [-0.15, -0.1) is 0 Å². The molecule has 0 spiro atoms. The molecule has 1 amide bonds. The van der Waals surface area contributed by atoms with Crippen molar-refractivity contribution in [3.63, 3.8) is 0 Å². The number of amides is 1. The number of rotatable bonds is 3. The van der Waals surface area contributed by atoms with Crippen molar-refractivity contribution in [1.29, 1.82) is 0 Å². The molecule has 1 saturated heterocycles. The highest BCUT2D eigenvalue weighted by atomic mass is 16.5. The predicted molar refractivity (Wildman–Crippen MR) is 68.3 cm³/mol. The lowest BCUT2D eigenvalue weighted by molar-refractivity contribution is -0.140. The van der Waals surface area contributed by atoms with E-state index in [2.05, 4.69) is 5.32 Å². The number of nitrogens with zero attached hydrogens (tertiary/aromatic N) is 1. The maximum absolute atomic E-state index is 12.2. The summed E-state index contributed by atoms with van der Waals surface area (Å²) in [6, 6.07) is 6.09. The minimum atomic E-state index is -0.938. The fourth-order valence-electron chi connectivity index (χ4n) is 2.02. The summed E-state index contributed by atoms with van der Waals surface area (Å²) >= 11 is 0. The first-order valence-corrected chi connectivity index (χ1v) is 6.01. The monoisotopic (exact) mass is 264 g/mol. The second kappa shape index (κ2) is 5.71. The number of benzene rings is 1. The van der Waals surface area contributed by atoms with Crippen molar-refractivity contribution in [3.05, 3.63) is 29.8 Å². The molecule has 102 valence electrons. The van der Waals surface area contributed by atoms with Gasteiger partial charge in [0.15, 0.2) is 0 Å². The fraction of sp³-hybridized carbons (Fsp3) is 0.385. The van der Waals surface area contributed by atoms with Gasteiger partial charge in [0.05, 0.1) is 7.11 Å². The molecule has 0 aromatic heterocycles. The topological polar surface area (TPSA) is 78.9 Å². The minimum Gasteiger partial charge on any atom is -0.497 e.